The Balaban J connectivity index is 1.53. The highest BCUT2D eigenvalue weighted by molar-refractivity contribution is 5.94. The highest BCUT2D eigenvalue weighted by atomic mass is 16.3. The first-order valence-corrected chi connectivity index (χ1v) is 9.42. The molecule has 2 aliphatic rings. The molecule has 2 fully saturated rings. The number of nitrogens with zero attached hydrogens (tertiary/aromatic N) is 1. The summed E-state index contributed by atoms with van der Waals surface area (Å²) in [6.07, 6.45) is 6.49. The number of carbonyl (C=O) groups is 2. The third-order valence-electron chi connectivity index (χ3n) is 5.37. The first-order valence-electron chi connectivity index (χ1n) is 9.42. The number of hydrogen-bond acceptors (Lipinski definition) is 3. The van der Waals surface area contributed by atoms with Crippen LogP contribution in [0.15, 0.2) is 30.3 Å². The first kappa shape index (κ1) is 17.9. The number of likely N-dealkylation sites (tertiary alicyclic amines) is 1. The van der Waals surface area contributed by atoms with E-state index in [-0.39, 0.29) is 24.3 Å². The Kier molecular flexibility index (Phi) is 5.74. The lowest BCUT2D eigenvalue weighted by atomic mass is 9.82. The molecule has 136 valence electrons. The number of carbonyl (C=O) groups excluding carboxylic acids is 2. The molecule has 5 nitrogen and oxygen atoms in total. The van der Waals surface area contributed by atoms with Gasteiger partial charge < -0.3 is 15.3 Å². The van der Waals surface area contributed by atoms with Gasteiger partial charge in [0.15, 0.2) is 0 Å². The number of benzene rings is 1. The summed E-state index contributed by atoms with van der Waals surface area (Å²) < 4.78 is 0. The molecule has 1 saturated carbocycles. The van der Waals surface area contributed by atoms with E-state index in [4.69, 9.17) is 0 Å². The first-order chi connectivity index (χ1) is 12.1. The van der Waals surface area contributed by atoms with Crippen molar-refractivity contribution in [3.63, 3.8) is 0 Å². The molecular formula is C20H28N2O3. The van der Waals surface area contributed by atoms with Crippen molar-refractivity contribution >= 4 is 11.8 Å². The zero-order valence-corrected chi connectivity index (χ0v) is 14.7. The zero-order chi connectivity index (χ0) is 17.7. The molecular weight excluding hydrogens is 316 g/mol. The van der Waals surface area contributed by atoms with Gasteiger partial charge in [-0.1, -0.05) is 37.5 Å². The fourth-order valence-electron chi connectivity index (χ4n) is 4.01. The lowest BCUT2D eigenvalue weighted by Gasteiger charge is -2.35. The molecule has 25 heavy (non-hydrogen) atoms. The summed E-state index contributed by atoms with van der Waals surface area (Å²) in [4.78, 5) is 26.7. The average Bonchev–Trinajstić information content (AvgIpc) is 2.62. The van der Waals surface area contributed by atoms with Crippen LogP contribution in [0.5, 0.6) is 0 Å². The Morgan fingerprint density at radius 1 is 1.12 bits per heavy atom. The molecule has 1 aliphatic carbocycles. The van der Waals surface area contributed by atoms with Crippen molar-refractivity contribution in [3.05, 3.63) is 35.9 Å². The smallest absolute Gasteiger partial charge is 0.253 e. The molecule has 0 bridgehead atoms. The maximum Gasteiger partial charge on any atom is 0.253 e. The minimum Gasteiger partial charge on any atom is -0.389 e. The van der Waals surface area contributed by atoms with Crippen LogP contribution >= 0.6 is 0 Å². The van der Waals surface area contributed by atoms with E-state index in [9.17, 15) is 14.7 Å². The molecule has 1 atom stereocenters. The molecule has 2 N–H and O–H groups in total. The Hall–Kier alpha value is -1.88. The highest BCUT2D eigenvalue weighted by Crippen LogP contribution is 2.30. The molecule has 0 radical (unpaired) electrons. The molecule has 0 aromatic heterocycles. The van der Waals surface area contributed by atoms with Crippen LogP contribution < -0.4 is 5.32 Å². The van der Waals surface area contributed by atoms with Crippen LogP contribution in [0.25, 0.3) is 0 Å². The molecule has 1 aliphatic heterocycles. The molecule has 0 unspecified atom stereocenters. The second-order valence-corrected chi connectivity index (χ2v) is 7.49. The number of piperidine rings is 1. The van der Waals surface area contributed by atoms with Gasteiger partial charge in [0.2, 0.25) is 5.91 Å². The van der Waals surface area contributed by atoms with E-state index in [0.717, 1.165) is 38.6 Å². The SMILES string of the molecule is O=C(CC1(O)CCCCC1)N[C@@H]1CCCN(C(=O)c2ccccc2)C1. The minimum atomic E-state index is -0.837. The summed E-state index contributed by atoms with van der Waals surface area (Å²) in [5.41, 5.74) is -0.151. The normalized spacial score (nSPS) is 23.1. The van der Waals surface area contributed by atoms with E-state index in [2.05, 4.69) is 5.32 Å². The lowest BCUT2D eigenvalue weighted by Crippen LogP contribution is -2.51. The monoisotopic (exact) mass is 344 g/mol. The Bertz CT molecular complexity index is 596. The summed E-state index contributed by atoms with van der Waals surface area (Å²) >= 11 is 0. The van der Waals surface area contributed by atoms with E-state index in [0.29, 0.717) is 24.9 Å². The topological polar surface area (TPSA) is 69.6 Å². The van der Waals surface area contributed by atoms with Crippen molar-refractivity contribution in [1.29, 1.82) is 0 Å². The molecule has 1 saturated heterocycles. The third-order valence-corrected chi connectivity index (χ3v) is 5.37. The van der Waals surface area contributed by atoms with Gasteiger partial charge in [-0.25, -0.2) is 0 Å². The van der Waals surface area contributed by atoms with Crippen LogP contribution in [-0.2, 0) is 4.79 Å². The fourth-order valence-corrected chi connectivity index (χ4v) is 4.01. The number of aliphatic hydroxyl groups is 1. The second-order valence-electron chi connectivity index (χ2n) is 7.49. The molecule has 1 heterocycles. The maximum absolute atomic E-state index is 12.6. The predicted octanol–water partition coefficient (Wildman–Crippen LogP) is 2.49. The summed E-state index contributed by atoms with van der Waals surface area (Å²) in [5.74, 6) is -0.0751. The van der Waals surface area contributed by atoms with Crippen LogP contribution in [-0.4, -0.2) is 46.6 Å². The van der Waals surface area contributed by atoms with Gasteiger partial charge in [0.25, 0.3) is 5.91 Å². The van der Waals surface area contributed by atoms with E-state index >= 15 is 0 Å². The summed E-state index contributed by atoms with van der Waals surface area (Å²) in [6, 6.07) is 9.24. The van der Waals surface area contributed by atoms with Gasteiger partial charge in [-0.2, -0.15) is 0 Å². The van der Waals surface area contributed by atoms with Crippen LogP contribution in [0.3, 0.4) is 0 Å². The Morgan fingerprint density at radius 2 is 1.84 bits per heavy atom. The summed E-state index contributed by atoms with van der Waals surface area (Å²) in [7, 11) is 0. The van der Waals surface area contributed by atoms with Gasteiger partial charge in [0.1, 0.15) is 0 Å². The van der Waals surface area contributed by atoms with Crippen molar-refractivity contribution in [2.24, 2.45) is 0 Å². The van der Waals surface area contributed by atoms with E-state index < -0.39 is 5.60 Å². The van der Waals surface area contributed by atoms with E-state index in [1.54, 1.807) is 0 Å². The zero-order valence-electron chi connectivity index (χ0n) is 14.7. The largest absolute Gasteiger partial charge is 0.389 e. The van der Waals surface area contributed by atoms with E-state index in [1.807, 2.05) is 35.2 Å². The van der Waals surface area contributed by atoms with Gasteiger partial charge in [-0.05, 0) is 37.8 Å². The van der Waals surface area contributed by atoms with Crippen molar-refractivity contribution in [3.8, 4) is 0 Å². The number of amides is 2. The van der Waals surface area contributed by atoms with Crippen LogP contribution in [0.1, 0.15) is 61.7 Å². The van der Waals surface area contributed by atoms with Crippen LogP contribution in [0.2, 0.25) is 0 Å². The number of rotatable bonds is 4. The van der Waals surface area contributed by atoms with Crippen LogP contribution in [0, 0.1) is 0 Å². The van der Waals surface area contributed by atoms with E-state index in [1.165, 1.54) is 0 Å². The Morgan fingerprint density at radius 3 is 2.56 bits per heavy atom. The fraction of sp³-hybridized carbons (Fsp3) is 0.600. The minimum absolute atomic E-state index is 0.0189. The molecule has 3 rings (SSSR count). The molecule has 2 amide bonds. The standard InChI is InChI=1S/C20H28N2O3/c23-18(14-20(25)11-5-2-6-12-20)21-17-10-7-13-22(15-17)19(24)16-8-3-1-4-9-16/h1,3-4,8-9,17,25H,2,5-7,10-15H2,(H,21,23)/t17-/m1/s1. The maximum atomic E-state index is 12.6. The molecule has 1 aromatic rings. The van der Waals surface area contributed by atoms with Gasteiger partial charge >= 0.3 is 0 Å². The molecule has 1 aromatic carbocycles. The quantitative estimate of drug-likeness (QED) is 0.882. The molecule has 0 spiro atoms. The predicted molar refractivity (Wildman–Crippen MR) is 96.2 cm³/mol. The Labute approximate surface area is 149 Å². The second kappa shape index (κ2) is 8.00. The molecule has 5 heteroatoms. The average molecular weight is 344 g/mol. The number of nitrogens with one attached hydrogen (secondary N) is 1. The van der Waals surface area contributed by atoms with Gasteiger partial charge in [0, 0.05) is 24.7 Å². The third kappa shape index (κ3) is 4.82. The van der Waals surface area contributed by atoms with Gasteiger partial charge in [0.05, 0.1) is 12.0 Å². The van der Waals surface area contributed by atoms with Crippen molar-refractivity contribution < 1.29 is 14.7 Å². The van der Waals surface area contributed by atoms with Crippen LogP contribution in [0.4, 0.5) is 0 Å². The van der Waals surface area contributed by atoms with Crippen molar-refractivity contribution in [2.45, 2.75) is 63.0 Å². The highest BCUT2D eigenvalue weighted by Gasteiger charge is 2.33. The van der Waals surface area contributed by atoms with Crippen molar-refractivity contribution in [1.82, 2.24) is 10.2 Å². The number of hydrogen-bond donors (Lipinski definition) is 2. The van der Waals surface area contributed by atoms with Gasteiger partial charge in [-0.15, -0.1) is 0 Å². The summed E-state index contributed by atoms with van der Waals surface area (Å²) in [6.45, 7) is 1.27. The lowest BCUT2D eigenvalue weighted by molar-refractivity contribution is -0.128. The summed E-state index contributed by atoms with van der Waals surface area (Å²) in [5, 5.41) is 13.6. The van der Waals surface area contributed by atoms with Gasteiger partial charge in [-0.3, -0.25) is 9.59 Å². The van der Waals surface area contributed by atoms with Crippen molar-refractivity contribution in [2.75, 3.05) is 13.1 Å².